The van der Waals surface area contributed by atoms with Gasteiger partial charge in [-0.15, -0.1) is 0 Å². The molecule has 4 saturated carbocycles. The van der Waals surface area contributed by atoms with Crippen molar-refractivity contribution in [2.45, 2.75) is 70.3 Å². The van der Waals surface area contributed by atoms with E-state index in [4.69, 9.17) is 4.18 Å². The van der Waals surface area contributed by atoms with Crippen LogP contribution in [-0.4, -0.2) is 32.9 Å². The molecule has 0 aliphatic heterocycles. The summed E-state index contributed by atoms with van der Waals surface area (Å²) in [5.41, 5.74) is 0. The van der Waals surface area contributed by atoms with Crippen molar-refractivity contribution >= 4 is 10.3 Å². The zero-order valence-electron chi connectivity index (χ0n) is 15.2. The molecule has 7 atom stereocenters. The van der Waals surface area contributed by atoms with Crippen molar-refractivity contribution in [1.82, 2.24) is 4.31 Å². The Morgan fingerprint density at radius 3 is 2.08 bits per heavy atom. The normalized spacial score (nSPS) is 45.5. The summed E-state index contributed by atoms with van der Waals surface area (Å²) in [6.45, 7) is 0. The first-order chi connectivity index (χ1) is 11.5. The summed E-state index contributed by atoms with van der Waals surface area (Å²) in [6, 6.07) is 0. The largest absolute Gasteiger partial charge is 0.338 e. The van der Waals surface area contributed by atoms with Crippen LogP contribution in [0.3, 0.4) is 0 Å². The molecule has 4 fully saturated rings. The maximum atomic E-state index is 12.0. The molecule has 24 heavy (non-hydrogen) atoms. The van der Waals surface area contributed by atoms with Crippen LogP contribution in [0.2, 0.25) is 0 Å². The highest BCUT2D eigenvalue weighted by Crippen LogP contribution is 2.58. The van der Waals surface area contributed by atoms with E-state index in [-0.39, 0.29) is 6.10 Å². The van der Waals surface area contributed by atoms with E-state index in [1.54, 1.807) is 14.1 Å². The summed E-state index contributed by atoms with van der Waals surface area (Å²) in [7, 11) is -0.442. The number of hydrogen-bond donors (Lipinski definition) is 0. The lowest BCUT2D eigenvalue weighted by Gasteiger charge is -2.52. The first kappa shape index (κ1) is 17.3. The lowest BCUT2D eigenvalue weighted by atomic mass is 9.53. The summed E-state index contributed by atoms with van der Waals surface area (Å²) in [5, 5.41) is 0. The van der Waals surface area contributed by atoms with Crippen LogP contribution in [0.5, 0.6) is 0 Å². The number of nitrogens with zero attached hydrogens (tertiary/aromatic N) is 1. The molecule has 0 saturated heterocycles. The third-order valence-electron chi connectivity index (χ3n) is 7.81. The smallest absolute Gasteiger partial charge is 0.255 e. The van der Waals surface area contributed by atoms with Gasteiger partial charge in [0.15, 0.2) is 0 Å². The number of hydrogen-bond acceptors (Lipinski definition) is 3. The quantitative estimate of drug-likeness (QED) is 0.773. The van der Waals surface area contributed by atoms with Crippen molar-refractivity contribution in [2.75, 3.05) is 14.1 Å². The van der Waals surface area contributed by atoms with E-state index in [1.807, 2.05) is 0 Å². The second kappa shape index (κ2) is 6.55. The van der Waals surface area contributed by atoms with Gasteiger partial charge in [0.1, 0.15) is 0 Å². The zero-order chi connectivity index (χ0) is 16.9. The van der Waals surface area contributed by atoms with Crippen LogP contribution in [0.4, 0.5) is 0 Å². The van der Waals surface area contributed by atoms with E-state index >= 15 is 0 Å². The molecule has 5 heteroatoms. The standard InChI is InChI=1S/C19H33NO3S/c1-20(2)24(21,22)23-15-8-11-17-14(12-15)7-10-18-16-5-3-4-13(16)6-9-19(17)18/h13-19H,3-12H2,1-2H3. The minimum absolute atomic E-state index is 0.0991. The van der Waals surface area contributed by atoms with Crippen molar-refractivity contribution in [3.8, 4) is 0 Å². The van der Waals surface area contributed by atoms with Gasteiger partial charge in [-0.25, -0.2) is 0 Å². The van der Waals surface area contributed by atoms with Gasteiger partial charge in [0.05, 0.1) is 6.10 Å². The van der Waals surface area contributed by atoms with Crippen LogP contribution in [0, 0.1) is 35.5 Å². The molecule has 0 aromatic carbocycles. The first-order valence-corrected chi connectivity index (χ1v) is 11.4. The summed E-state index contributed by atoms with van der Waals surface area (Å²) in [5.74, 6) is 5.50. The average molecular weight is 356 g/mol. The van der Waals surface area contributed by atoms with E-state index in [0.29, 0.717) is 5.92 Å². The lowest BCUT2D eigenvalue weighted by molar-refractivity contribution is -0.0407. The minimum Gasteiger partial charge on any atom is -0.255 e. The van der Waals surface area contributed by atoms with Crippen LogP contribution < -0.4 is 0 Å². The first-order valence-electron chi connectivity index (χ1n) is 10.1. The van der Waals surface area contributed by atoms with Gasteiger partial charge in [-0.2, -0.15) is 12.7 Å². The molecule has 4 rings (SSSR count). The van der Waals surface area contributed by atoms with Crippen molar-refractivity contribution in [2.24, 2.45) is 35.5 Å². The van der Waals surface area contributed by atoms with Gasteiger partial charge < -0.3 is 0 Å². The maximum absolute atomic E-state index is 12.0. The van der Waals surface area contributed by atoms with E-state index in [9.17, 15) is 8.42 Å². The Hall–Kier alpha value is -0.130. The zero-order valence-corrected chi connectivity index (χ0v) is 16.0. The summed E-state index contributed by atoms with van der Waals surface area (Å²) in [6.07, 6.45) is 13.0. The van der Waals surface area contributed by atoms with E-state index in [1.165, 1.54) is 55.7 Å². The fourth-order valence-electron chi connectivity index (χ4n) is 6.78. The van der Waals surface area contributed by atoms with Gasteiger partial charge in [-0.1, -0.05) is 12.8 Å². The van der Waals surface area contributed by atoms with Crippen molar-refractivity contribution in [3.05, 3.63) is 0 Å². The van der Waals surface area contributed by atoms with E-state index in [0.717, 1.165) is 42.4 Å². The molecule has 138 valence electrons. The molecule has 0 spiro atoms. The molecule has 0 aromatic heterocycles. The van der Waals surface area contributed by atoms with Crippen molar-refractivity contribution < 1.29 is 12.6 Å². The van der Waals surface area contributed by atoms with Crippen LogP contribution in [0.25, 0.3) is 0 Å². The lowest BCUT2D eigenvalue weighted by Crippen LogP contribution is -2.46. The van der Waals surface area contributed by atoms with Crippen LogP contribution in [0.15, 0.2) is 0 Å². The SMILES string of the molecule is CN(C)S(=O)(=O)OC1CCC2C(CCC3C4CCCC4CCC23)C1. The summed E-state index contributed by atoms with van der Waals surface area (Å²) < 4.78 is 30.7. The molecule has 0 aromatic rings. The van der Waals surface area contributed by atoms with Gasteiger partial charge in [0.25, 0.3) is 0 Å². The fourth-order valence-corrected chi connectivity index (χ4v) is 7.47. The Bertz CT molecular complexity index is 561. The minimum atomic E-state index is -3.54. The Kier molecular flexibility index (Phi) is 4.72. The second-order valence-electron chi connectivity index (χ2n) is 9.03. The Labute approximate surface area is 147 Å². The Balaban J connectivity index is 1.41. The van der Waals surface area contributed by atoms with Gasteiger partial charge in [-0.05, 0) is 86.9 Å². The third kappa shape index (κ3) is 3.05. The van der Waals surface area contributed by atoms with Crippen molar-refractivity contribution in [3.63, 3.8) is 0 Å². The third-order valence-corrected chi connectivity index (χ3v) is 9.22. The molecule has 0 N–H and O–H groups in total. The maximum Gasteiger partial charge on any atom is 0.338 e. The topological polar surface area (TPSA) is 46.6 Å². The summed E-state index contributed by atoms with van der Waals surface area (Å²) >= 11 is 0. The average Bonchev–Trinajstić information content (AvgIpc) is 3.02. The van der Waals surface area contributed by atoms with Crippen LogP contribution >= 0.6 is 0 Å². The molecular formula is C19H33NO3S. The Morgan fingerprint density at radius 2 is 1.38 bits per heavy atom. The Morgan fingerprint density at radius 1 is 0.750 bits per heavy atom. The second-order valence-corrected chi connectivity index (χ2v) is 10.8. The van der Waals surface area contributed by atoms with Gasteiger partial charge >= 0.3 is 10.3 Å². The van der Waals surface area contributed by atoms with E-state index < -0.39 is 10.3 Å². The summed E-state index contributed by atoms with van der Waals surface area (Å²) in [4.78, 5) is 0. The molecule has 4 aliphatic carbocycles. The van der Waals surface area contributed by atoms with Crippen LogP contribution in [-0.2, 0) is 14.5 Å². The van der Waals surface area contributed by atoms with Gasteiger partial charge in [-0.3, -0.25) is 4.18 Å². The van der Waals surface area contributed by atoms with E-state index in [2.05, 4.69) is 0 Å². The molecule has 4 aliphatic rings. The monoisotopic (exact) mass is 355 g/mol. The molecule has 0 amide bonds. The molecule has 0 bridgehead atoms. The highest BCUT2D eigenvalue weighted by atomic mass is 32.2. The van der Waals surface area contributed by atoms with Gasteiger partial charge in [0.2, 0.25) is 0 Å². The van der Waals surface area contributed by atoms with Crippen LogP contribution in [0.1, 0.15) is 64.2 Å². The predicted molar refractivity (Wildman–Crippen MR) is 94.6 cm³/mol. The van der Waals surface area contributed by atoms with Crippen molar-refractivity contribution in [1.29, 1.82) is 0 Å². The molecular weight excluding hydrogens is 322 g/mol. The highest BCUT2D eigenvalue weighted by molar-refractivity contribution is 7.84. The molecule has 7 unspecified atom stereocenters. The molecule has 4 nitrogen and oxygen atoms in total. The van der Waals surface area contributed by atoms with Gasteiger partial charge in [0, 0.05) is 14.1 Å². The predicted octanol–water partition coefficient (Wildman–Crippen LogP) is 3.83. The fraction of sp³-hybridized carbons (Fsp3) is 1.00. The number of fused-ring (bicyclic) bond motifs is 5. The highest BCUT2D eigenvalue weighted by Gasteiger charge is 2.49. The molecule has 0 radical (unpaired) electrons. The molecule has 0 heterocycles. The number of rotatable bonds is 3.